The molecule has 5 nitrogen and oxygen atoms in total. The third kappa shape index (κ3) is 6.14. The van der Waals surface area contributed by atoms with E-state index in [2.05, 4.69) is 15.5 Å². The average Bonchev–Trinajstić information content (AvgIpc) is 2.82. The average molecular weight is 452 g/mol. The number of carbonyl (C=O) groups excluding carboxylic acids is 2. The molecule has 0 saturated carbocycles. The van der Waals surface area contributed by atoms with Crippen LogP contribution < -0.4 is 10.6 Å². The Bertz CT molecular complexity index is 1140. The molecule has 0 radical (unpaired) electrons. The van der Waals surface area contributed by atoms with Gasteiger partial charge in [0, 0.05) is 25.7 Å². The first-order valence-corrected chi connectivity index (χ1v) is 11.2. The summed E-state index contributed by atoms with van der Waals surface area (Å²) in [6.07, 6.45) is 1.75. The van der Waals surface area contributed by atoms with Crippen molar-refractivity contribution in [2.24, 2.45) is 0 Å². The number of nitrogens with zero attached hydrogens (tertiary/aromatic N) is 1. The molecule has 3 aromatic rings. The molecule has 172 valence electrons. The monoisotopic (exact) mass is 451 g/mol. The van der Waals surface area contributed by atoms with Gasteiger partial charge in [0.15, 0.2) is 11.6 Å². The minimum absolute atomic E-state index is 0.0358. The second-order valence-corrected chi connectivity index (χ2v) is 8.46. The summed E-state index contributed by atoms with van der Waals surface area (Å²) in [7, 11) is 0. The number of fused-ring (bicyclic) bond motifs is 1. The fourth-order valence-corrected chi connectivity index (χ4v) is 4.27. The molecule has 0 atom stereocenters. The van der Waals surface area contributed by atoms with Crippen LogP contribution in [0, 0.1) is 11.6 Å². The van der Waals surface area contributed by atoms with Crippen LogP contribution in [0.5, 0.6) is 0 Å². The zero-order valence-electron chi connectivity index (χ0n) is 18.3. The van der Waals surface area contributed by atoms with Crippen LogP contribution in [-0.2, 0) is 22.6 Å². The first-order valence-electron chi connectivity index (χ1n) is 11.2. The lowest BCUT2D eigenvalue weighted by Gasteiger charge is -2.32. The van der Waals surface area contributed by atoms with Crippen LogP contribution in [0.2, 0.25) is 0 Å². The molecule has 2 amide bonds. The Balaban J connectivity index is 1.19. The van der Waals surface area contributed by atoms with Crippen molar-refractivity contribution in [1.82, 2.24) is 15.5 Å². The van der Waals surface area contributed by atoms with Crippen LogP contribution in [0.15, 0.2) is 60.7 Å². The molecule has 7 heteroatoms. The van der Waals surface area contributed by atoms with Crippen molar-refractivity contribution in [3.8, 4) is 0 Å². The first-order chi connectivity index (χ1) is 16.0. The summed E-state index contributed by atoms with van der Waals surface area (Å²) in [6, 6.07) is 17.8. The van der Waals surface area contributed by atoms with Gasteiger partial charge in [0.05, 0.1) is 13.0 Å². The summed E-state index contributed by atoms with van der Waals surface area (Å²) < 4.78 is 26.5. The molecule has 3 aromatic carbocycles. The Morgan fingerprint density at radius 3 is 2.45 bits per heavy atom. The number of piperidine rings is 1. The number of carbonyl (C=O) groups is 2. The van der Waals surface area contributed by atoms with E-state index in [1.54, 1.807) is 6.07 Å². The largest absolute Gasteiger partial charge is 0.352 e. The van der Waals surface area contributed by atoms with Gasteiger partial charge in [-0.3, -0.25) is 14.5 Å². The van der Waals surface area contributed by atoms with E-state index in [1.165, 1.54) is 6.07 Å². The molecule has 1 saturated heterocycles. The molecule has 33 heavy (non-hydrogen) atoms. The Morgan fingerprint density at radius 2 is 1.67 bits per heavy atom. The molecular formula is C26H27F2N3O2. The van der Waals surface area contributed by atoms with Crippen molar-refractivity contribution in [2.75, 3.05) is 19.6 Å². The van der Waals surface area contributed by atoms with E-state index in [9.17, 15) is 18.4 Å². The molecule has 4 rings (SSSR count). The van der Waals surface area contributed by atoms with Crippen LogP contribution in [0.25, 0.3) is 10.8 Å². The summed E-state index contributed by atoms with van der Waals surface area (Å²) >= 11 is 0. The van der Waals surface area contributed by atoms with E-state index in [0.29, 0.717) is 6.54 Å². The SMILES string of the molecule is O=C(Cc1cccc2ccccc12)NCC(=O)NC1CCN(Cc2ccc(F)c(F)c2)CC1. The van der Waals surface area contributed by atoms with E-state index in [-0.39, 0.29) is 30.8 Å². The molecule has 0 aliphatic carbocycles. The maximum Gasteiger partial charge on any atom is 0.239 e. The number of rotatable bonds is 7. The zero-order valence-corrected chi connectivity index (χ0v) is 18.3. The predicted molar refractivity (Wildman–Crippen MR) is 123 cm³/mol. The summed E-state index contributed by atoms with van der Waals surface area (Å²) in [5.74, 6) is -2.08. The summed E-state index contributed by atoms with van der Waals surface area (Å²) in [5.41, 5.74) is 1.66. The maximum absolute atomic E-state index is 13.4. The van der Waals surface area contributed by atoms with Crippen LogP contribution in [0.4, 0.5) is 8.78 Å². The fraction of sp³-hybridized carbons (Fsp3) is 0.308. The zero-order chi connectivity index (χ0) is 23.2. The second-order valence-electron chi connectivity index (χ2n) is 8.46. The van der Waals surface area contributed by atoms with E-state index >= 15 is 0 Å². The summed E-state index contributed by atoms with van der Waals surface area (Å²) in [4.78, 5) is 26.8. The summed E-state index contributed by atoms with van der Waals surface area (Å²) in [6.45, 7) is 1.98. The second kappa shape index (κ2) is 10.5. The molecule has 1 fully saturated rings. The van der Waals surface area contributed by atoms with E-state index in [0.717, 1.165) is 53.9 Å². The van der Waals surface area contributed by atoms with Crippen molar-refractivity contribution in [2.45, 2.75) is 31.8 Å². The number of amides is 2. The van der Waals surface area contributed by atoms with E-state index < -0.39 is 11.6 Å². The highest BCUT2D eigenvalue weighted by atomic mass is 19.2. The highest BCUT2D eigenvalue weighted by molar-refractivity contribution is 5.91. The van der Waals surface area contributed by atoms with Gasteiger partial charge in [0.25, 0.3) is 0 Å². The van der Waals surface area contributed by atoms with E-state index in [4.69, 9.17) is 0 Å². The lowest BCUT2D eigenvalue weighted by atomic mass is 10.0. The van der Waals surface area contributed by atoms with Crippen molar-refractivity contribution in [1.29, 1.82) is 0 Å². The number of benzene rings is 3. The Morgan fingerprint density at radius 1 is 0.909 bits per heavy atom. The minimum atomic E-state index is -0.843. The van der Waals surface area contributed by atoms with Gasteiger partial charge in [-0.2, -0.15) is 0 Å². The molecule has 0 spiro atoms. The van der Waals surface area contributed by atoms with Gasteiger partial charge in [-0.15, -0.1) is 0 Å². The van der Waals surface area contributed by atoms with Crippen molar-refractivity contribution >= 4 is 22.6 Å². The predicted octanol–water partition coefficient (Wildman–Crippen LogP) is 3.56. The minimum Gasteiger partial charge on any atom is -0.352 e. The molecule has 1 heterocycles. The molecular weight excluding hydrogens is 424 g/mol. The van der Waals surface area contributed by atoms with Gasteiger partial charge in [-0.1, -0.05) is 48.5 Å². The van der Waals surface area contributed by atoms with Gasteiger partial charge in [-0.05, 0) is 46.9 Å². The maximum atomic E-state index is 13.4. The number of nitrogens with one attached hydrogen (secondary N) is 2. The van der Waals surface area contributed by atoms with Gasteiger partial charge in [0.2, 0.25) is 11.8 Å². The van der Waals surface area contributed by atoms with Gasteiger partial charge < -0.3 is 10.6 Å². The molecule has 1 aliphatic heterocycles. The topological polar surface area (TPSA) is 61.4 Å². The molecule has 2 N–H and O–H groups in total. The highest BCUT2D eigenvalue weighted by Crippen LogP contribution is 2.19. The highest BCUT2D eigenvalue weighted by Gasteiger charge is 2.21. The number of hydrogen-bond acceptors (Lipinski definition) is 3. The van der Waals surface area contributed by atoms with Gasteiger partial charge >= 0.3 is 0 Å². The third-order valence-electron chi connectivity index (χ3n) is 6.02. The van der Waals surface area contributed by atoms with Crippen LogP contribution in [-0.4, -0.2) is 42.4 Å². The number of halogens is 2. The van der Waals surface area contributed by atoms with E-state index in [1.807, 2.05) is 42.5 Å². The quantitative estimate of drug-likeness (QED) is 0.578. The van der Waals surface area contributed by atoms with Crippen molar-refractivity contribution < 1.29 is 18.4 Å². The standard InChI is InChI=1S/C26H27F2N3O2/c27-23-9-8-18(14-24(23)28)17-31-12-10-21(11-13-31)30-26(33)16-29-25(32)15-20-6-3-5-19-4-1-2-7-22(19)20/h1-9,14,21H,10-13,15-17H2,(H,29,32)(H,30,33). The van der Waals surface area contributed by atoms with Crippen molar-refractivity contribution in [3.05, 3.63) is 83.4 Å². The Labute approximate surface area is 191 Å². The normalized spacial score (nSPS) is 14.8. The number of hydrogen-bond donors (Lipinski definition) is 2. The smallest absolute Gasteiger partial charge is 0.239 e. The van der Waals surface area contributed by atoms with Gasteiger partial charge in [0.1, 0.15) is 0 Å². The molecule has 0 unspecified atom stereocenters. The van der Waals surface area contributed by atoms with Gasteiger partial charge in [-0.25, -0.2) is 8.78 Å². The first kappa shape index (κ1) is 22.9. The summed E-state index contributed by atoms with van der Waals surface area (Å²) in [5, 5.41) is 7.80. The van der Waals surface area contributed by atoms with Crippen LogP contribution in [0.1, 0.15) is 24.0 Å². The molecule has 0 bridgehead atoms. The lowest BCUT2D eigenvalue weighted by molar-refractivity contribution is -0.126. The number of likely N-dealkylation sites (tertiary alicyclic amines) is 1. The van der Waals surface area contributed by atoms with Crippen LogP contribution in [0.3, 0.4) is 0 Å². The van der Waals surface area contributed by atoms with Crippen LogP contribution >= 0.6 is 0 Å². The molecule has 1 aliphatic rings. The fourth-order valence-electron chi connectivity index (χ4n) is 4.27. The third-order valence-corrected chi connectivity index (χ3v) is 6.02. The van der Waals surface area contributed by atoms with Crippen molar-refractivity contribution in [3.63, 3.8) is 0 Å². The molecule has 0 aromatic heterocycles. The lowest BCUT2D eigenvalue weighted by Crippen LogP contribution is -2.47. The Kier molecular flexibility index (Phi) is 7.29. The Hall–Kier alpha value is -3.32.